The highest BCUT2D eigenvalue weighted by atomic mass is 32.2. The van der Waals surface area contributed by atoms with Crippen molar-refractivity contribution in [3.63, 3.8) is 0 Å². The van der Waals surface area contributed by atoms with Crippen LogP contribution in [-0.4, -0.2) is 35.7 Å². The summed E-state index contributed by atoms with van der Waals surface area (Å²) in [7, 11) is 1.80. The van der Waals surface area contributed by atoms with E-state index in [1.54, 1.807) is 13.1 Å². The van der Waals surface area contributed by atoms with Gasteiger partial charge in [-0.15, -0.1) is 11.8 Å². The van der Waals surface area contributed by atoms with E-state index in [2.05, 4.69) is 5.32 Å². The summed E-state index contributed by atoms with van der Waals surface area (Å²) in [5.41, 5.74) is 0.882. The Kier molecular flexibility index (Phi) is 5.76. The number of aliphatic hydroxyl groups excluding tert-OH is 2. The topological polar surface area (TPSA) is 52.5 Å². The molecule has 0 saturated heterocycles. The smallest absolute Gasteiger partial charge is 0.137 e. The minimum absolute atomic E-state index is 0.289. The van der Waals surface area contributed by atoms with Crippen LogP contribution in [0.1, 0.15) is 5.56 Å². The van der Waals surface area contributed by atoms with Gasteiger partial charge in [0.05, 0.1) is 12.7 Å². The van der Waals surface area contributed by atoms with Crippen molar-refractivity contribution in [2.45, 2.75) is 17.5 Å². The number of hydrogen-bond acceptors (Lipinski definition) is 4. The largest absolute Gasteiger partial charge is 0.394 e. The number of aliphatic hydroxyl groups is 2. The van der Waals surface area contributed by atoms with Crippen LogP contribution in [0, 0.1) is 5.82 Å². The van der Waals surface area contributed by atoms with E-state index in [4.69, 9.17) is 10.2 Å². The van der Waals surface area contributed by atoms with Crippen LogP contribution in [0.15, 0.2) is 23.1 Å². The molecule has 0 aliphatic rings. The minimum Gasteiger partial charge on any atom is -0.394 e. The van der Waals surface area contributed by atoms with Gasteiger partial charge in [-0.2, -0.15) is 0 Å². The molecule has 0 spiro atoms. The van der Waals surface area contributed by atoms with Crippen LogP contribution in [0.2, 0.25) is 0 Å². The molecule has 0 radical (unpaired) electrons. The number of thioether (sulfide) groups is 1. The molecule has 90 valence electrons. The van der Waals surface area contributed by atoms with E-state index in [9.17, 15) is 4.39 Å². The highest BCUT2D eigenvalue weighted by Gasteiger charge is 2.07. The summed E-state index contributed by atoms with van der Waals surface area (Å²) in [6.07, 6.45) is -0.804. The maximum Gasteiger partial charge on any atom is 0.137 e. The Morgan fingerprint density at radius 1 is 1.50 bits per heavy atom. The Labute approximate surface area is 98.7 Å². The third kappa shape index (κ3) is 4.09. The second kappa shape index (κ2) is 6.85. The normalized spacial score (nSPS) is 12.8. The lowest BCUT2D eigenvalue weighted by Crippen LogP contribution is -2.14. The van der Waals surface area contributed by atoms with Crippen LogP contribution < -0.4 is 5.32 Å². The molecule has 3 nitrogen and oxygen atoms in total. The molecule has 0 bridgehead atoms. The van der Waals surface area contributed by atoms with Gasteiger partial charge in [-0.25, -0.2) is 4.39 Å². The van der Waals surface area contributed by atoms with Gasteiger partial charge < -0.3 is 15.5 Å². The Hall–Kier alpha value is -0.620. The molecule has 0 aliphatic carbocycles. The van der Waals surface area contributed by atoms with Crippen LogP contribution in [0.25, 0.3) is 0 Å². The molecule has 1 aromatic carbocycles. The lowest BCUT2D eigenvalue weighted by Gasteiger charge is -2.08. The van der Waals surface area contributed by atoms with E-state index in [1.807, 2.05) is 6.07 Å². The van der Waals surface area contributed by atoms with E-state index in [0.29, 0.717) is 17.2 Å². The fourth-order valence-electron chi connectivity index (χ4n) is 1.21. The summed E-state index contributed by atoms with van der Waals surface area (Å²) in [6, 6.07) is 5.01. The predicted octanol–water partition coefficient (Wildman–Crippen LogP) is 0.990. The van der Waals surface area contributed by atoms with Gasteiger partial charge in [0.25, 0.3) is 0 Å². The van der Waals surface area contributed by atoms with E-state index in [0.717, 1.165) is 5.56 Å². The molecule has 1 unspecified atom stereocenters. The number of hydrogen-bond donors (Lipinski definition) is 3. The third-order valence-corrected chi connectivity index (χ3v) is 3.21. The summed E-state index contributed by atoms with van der Waals surface area (Å²) >= 11 is 1.20. The lowest BCUT2D eigenvalue weighted by atomic mass is 10.2. The average molecular weight is 245 g/mol. The molecule has 0 aliphatic heterocycles. The molecule has 0 heterocycles. The van der Waals surface area contributed by atoms with E-state index in [1.165, 1.54) is 17.8 Å². The Morgan fingerprint density at radius 2 is 2.25 bits per heavy atom. The van der Waals surface area contributed by atoms with Crippen molar-refractivity contribution in [3.8, 4) is 0 Å². The van der Waals surface area contributed by atoms with Crippen molar-refractivity contribution >= 4 is 11.8 Å². The molecule has 1 rings (SSSR count). The fourth-order valence-corrected chi connectivity index (χ4v) is 2.05. The van der Waals surface area contributed by atoms with Crippen LogP contribution in [0.5, 0.6) is 0 Å². The number of benzene rings is 1. The Morgan fingerprint density at radius 3 is 2.81 bits per heavy atom. The maximum atomic E-state index is 13.5. The fraction of sp³-hybridized carbons (Fsp3) is 0.455. The summed E-state index contributed by atoms with van der Waals surface area (Å²) in [5.74, 6) is 0.00148. The number of rotatable bonds is 6. The van der Waals surface area contributed by atoms with Gasteiger partial charge in [0.2, 0.25) is 0 Å². The van der Waals surface area contributed by atoms with Gasteiger partial charge in [-0.3, -0.25) is 0 Å². The molecule has 0 saturated carbocycles. The van der Waals surface area contributed by atoms with Crippen LogP contribution in [0.3, 0.4) is 0 Å². The summed E-state index contributed by atoms with van der Waals surface area (Å²) in [5, 5.41) is 20.7. The van der Waals surface area contributed by atoms with Crippen LogP contribution >= 0.6 is 11.8 Å². The zero-order valence-corrected chi connectivity index (χ0v) is 9.93. The van der Waals surface area contributed by atoms with Crippen molar-refractivity contribution in [3.05, 3.63) is 29.6 Å². The predicted molar refractivity (Wildman–Crippen MR) is 63.0 cm³/mol. The van der Waals surface area contributed by atoms with Gasteiger partial charge in [0, 0.05) is 17.2 Å². The Balaban J connectivity index is 2.60. The SMILES string of the molecule is CNCc1ccc(SCC(O)CO)c(F)c1. The summed E-state index contributed by atoms with van der Waals surface area (Å²) in [4.78, 5) is 0.493. The first-order chi connectivity index (χ1) is 7.67. The zero-order chi connectivity index (χ0) is 12.0. The maximum absolute atomic E-state index is 13.5. The lowest BCUT2D eigenvalue weighted by molar-refractivity contribution is 0.113. The van der Waals surface area contributed by atoms with Crippen LogP contribution in [0.4, 0.5) is 4.39 Å². The van der Waals surface area contributed by atoms with Crippen molar-refractivity contribution in [1.29, 1.82) is 0 Å². The molecule has 0 amide bonds. The van der Waals surface area contributed by atoms with E-state index < -0.39 is 6.10 Å². The molecule has 0 fully saturated rings. The molecule has 5 heteroatoms. The first kappa shape index (κ1) is 13.4. The molecule has 3 N–H and O–H groups in total. The van der Waals surface area contributed by atoms with E-state index >= 15 is 0 Å². The van der Waals surface area contributed by atoms with Crippen molar-refractivity contribution in [1.82, 2.24) is 5.32 Å². The summed E-state index contributed by atoms with van der Waals surface area (Å²) in [6.45, 7) is 0.327. The quantitative estimate of drug-likeness (QED) is 0.654. The van der Waals surface area contributed by atoms with Crippen molar-refractivity contribution in [2.75, 3.05) is 19.4 Å². The molecule has 1 aromatic rings. The van der Waals surface area contributed by atoms with Crippen LogP contribution in [-0.2, 0) is 6.54 Å². The first-order valence-corrected chi connectivity index (χ1v) is 6.00. The highest BCUT2D eigenvalue weighted by molar-refractivity contribution is 7.99. The summed E-state index contributed by atoms with van der Waals surface area (Å²) < 4.78 is 13.5. The number of nitrogens with one attached hydrogen (secondary N) is 1. The first-order valence-electron chi connectivity index (χ1n) is 5.02. The molecule has 0 aromatic heterocycles. The van der Waals surface area contributed by atoms with Crippen molar-refractivity contribution in [2.24, 2.45) is 0 Å². The zero-order valence-electron chi connectivity index (χ0n) is 9.11. The number of halogens is 1. The molecule has 16 heavy (non-hydrogen) atoms. The van der Waals surface area contributed by atoms with Gasteiger partial charge in [0.15, 0.2) is 0 Å². The van der Waals surface area contributed by atoms with Gasteiger partial charge in [0.1, 0.15) is 5.82 Å². The average Bonchev–Trinajstić information content (AvgIpc) is 2.28. The van der Waals surface area contributed by atoms with Gasteiger partial charge in [-0.1, -0.05) is 6.07 Å². The molecular formula is C11H16FNO2S. The third-order valence-electron chi connectivity index (χ3n) is 2.02. The van der Waals surface area contributed by atoms with E-state index in [-0.39, 0.29) is 12.4 Å². The molecular weight excluding hydrogens is 229 g/mol. The van der Waals surface area contributed by atoms with Crippen molar-refractivity contribution < 1.29 is 14.6 Å². The highest BCUT2D eigenvalue weighted by Crippen LogP contribution is 2.23. The second-order valence-electron chi connectivity index (χ2n) is 3.44. The Bertz CT molecular complexity index is 336. The van der Waals surface area contributed by atoms with Gasteiger partial charge in [-0.05, 0) is 24.7 Å². The molecule has 1 atom stereocenters. The minimum atomic E-state index is -0.804. The standard InChI is InChI=1S/C11H16FNO2S/c1-13-5-8-2-3-11(10(12)4-8)16-7-9(15)6-14/h2-4,9,13-15H,5-7H2,1H3. The van der Waals surface area contributed by atoms with Gasteiger partial charge >= 0.3 is 0 Å². The second-order valence-corrected chi connectivity index (χ2v) is 4.50. The monoisotopic (exact) mass is 245 g/mol.